The largest absolute Gasteiger partial charge is 0.478 e. The normalized spacial score (nSPS) is 11.1. The van der Waals surface area contributed by atoms with Gasteiger partial charge in [-0.3, -0.25) is 4.68 Å². The Labute approximate surface area is 122 Å². The standard InChI is InChI=1S/C15H16N2O2S/c1-11-9-14(17(2)16-11)20-10-13-5-3-12(4-6-13)7-8-15(18)19/h3-9H,10H2,1-2H3,(H,18,19). The minimum absolute atomic E-state index is 0.863. The molecule has 0 amide bonds. The van der Waals surface area contributed by atoms with E-state index in [1.807, 2.05) is 42.9 Å². The molecule has 0 saturated heterocycles. The van der Waals surface area contributed by atoms with Crippen molar-refractivity contribution < 1.29 is 9.90 Å². The zero-order chi connectivity index (χ0) is 14.5. The predicted octanol–water partition coefficient (Wildman–Crippen LogP) is 3.12. The fourth-order valence-corrected chi connectivity index (χ4v) is 2.76. The fraction of sp³-hybridized carbons (Fsp3) is 0.200. The first-order valence-corrected chi connectivity index (χ1v) is 7.16. The predicted molar refractivity (Wildman–Crippen MR) is 80.6 cm³/mol. The summed E-state index contributed by atoms with van der Waals surface area (Å²) in [6, 6.07) is 9.93. The molecule has 0 aliphatic carbocycles. The number of nitrogens with zero attached hydrogens (tertiary/aromatic N) is 2. The van der Waals surface area contributed by atoms with Crippen LogP contribution >= 0.6 is 11.8 Å². The van der Waals surface area contributed by atoms with Crippen LogP contribution in [0.25, 0.3) is 6.08 Å². The van der Waals surface area contributed by atoms with Crippen LogP contribution in [0.5, 0.6) is 0 Å². The molecule has 104 valence electrons. The van der Waals surface area contributed by atoms with E-state index in [-0.39, 0.29) is 0 Å². The van der Waals surface area contributed by atoms with Crippen LogP contribution in [0.15, 0.2) is 41.4 Å². The van der Waals surface area contributed by atoms with Crippen molar-refractivity contribution >= 4 is 23.8 Å². The summed E-state index contributed by atoms with van der Waals surface area (Å²) < 4.78 is 1.88. The first-order chi connectivity index (χ1) is 9.54. The molecule has 1 aromatic heterocycles. The summed E-state index contributed by atoms with van der Waals surface area (Å²) in [6.45, 7) is 1.98. The van der Waals surface area contributed by atoms with E-state index in [1.54, 1.807) is 17.8 Å². The number of carboxylic acid groups (broad SMARTS) is 1. The number of aliphatic carboxylic acids is 1. The van der Waals surface area contributed by atoms with Crippen molar-refractivity contribution in [2.45, 2.75) is 17.7 Å². The fourth-order valence-electron chi connectivity index (χ4n) is 1.77. The summed E-state index contributed by atoms with van der Waals surface area (Å²) in [6.07, 6.45) is 2.73. The Balaban J connectivity index is 1.97. The number of hydrogen-bond donors (Lipinski definition) is 1. The third kappa shape index (κ3) is 3.99. The van der Waals surface area contributed by atoms with Gasteiger partial charge in [-0.25, -0.2) is 4.79 Å². The van der Waals surface area contributed by atoms with E-state index >= 15 is 0 Å². The SMILES string of the molecule is Cc1cc(SCc2ccc(C=CC(=O)O)cc2)n(C)n1. The van der Waals surface area contributed by atoms with Gasteiger partial charge in [0.2, 0.25) is 0 Å². The van der Waals surface area contributed by atoms with Gasteiger partial charge in [-0.2, -0.15) is 5.10 Å². The Kier molecular flexibility index (Phi) is 4.63. The lowest BCUT2D eigenvalue weighted by Gasteiger charge is -2.02. The lowest BCUT2D eigenvalue weighted by Crippen LogP contribution is -1.92. The van der Waals surface area contributed by atoms with Crippen LogP contribution in [0, 0.1) is 6.92 Å². The van der Waals surface area contributed by atoms with Crippen LogP contribution in [0.4, 0.5) is 0 Å². The van der Waals surface area contributed by atoms with Gasteiger partial charge >= 0.3 is 5.97 Å². The third-order valence-corrected chi connectivity index (χ3v) is 3.90. The average Bonchev–Trinajstić information content (AvgIpc) is 2.73. The van der Waals surface area contributed by atoms with Crippen LogP contribution in [0.1, 0.15) is 16.8 Å². The van der Waals surface area contributed by atoms with Crippen LogP contribution in [-0.4, -0.2) is 20.9 Å². The number of aromatic nitrogens is 2. The molecule has 2 rings (SSSR count). The van der Waals surface area contributed by atoms with Crippen molar-refractivity contribution in [3.8, 4) is 0 Å². The van der Waals surface area contributed by atoms with Crippen molar-refractivity contribution in [1.29, 1.82) is 0 Å². The maximum absolute atomic E-state index is 10.4. The van der Waals surface area contributed by atoms with Gasteiger partial charge in [0.05, 0.1) is 10.7 Å². The van der Waals surface area contributed by atoms with Gasteiger partial charge in [0.1, 0.15) is 0 Å². The molecule has 0 spiro atoms. The molecular formula is C15H16N2O2S. The number of hydrogen-bond acceptors (Lipinski definition) is 3. The third-order valence-electron chi connectivity index (χ3n) is 2.74. The van der Waals surface area contributed by atoms with Gasteiger partial charge in [0, 0.05) is 18.9 Å². The molecule has 0 aliphatic rings. The summed E-state index contributed by atoms with van der Waals surface area (Å²) >= 11 is 1.73. The molecule has 0 saturated carbocycles. The molecular weight excluding hydrogens is 272 g/mol. The van der Waals surface area contributed by atoms with E-state index in [4.69, 9.17) is 5.11 Å². The molecule has 20 heavy (non-hydrogen) atoms. The summed E-state index contributed by atoms with van der Waals surface area (Å²) in [7, 11) is 1.94. The molecule has 1 N–H and O–H groups in total. The Morgan fingerprint density at radius 2 is 2.10 bits per heavy atom. The van der Waals surface area contributed by atoms with Crippen LogP contribution < -0.4 is 0 Å². The number of rotatable bonds is 5. The molecule has 0 unspecified atom stereocenters. The minimum Gasteiger partial charge on any atom is -0.478 e. The molecule has 1 aromatic carbocycles. The van der Waals surface area contributed by atoms with Gasteiger partial charge in [-0.05, 0) is 30.2 Å². The molecule has 5 heteroatoms. The number of aryl methyl sites for hydroxylation is 2. The van der Waals surface area contributed by atoms with Gasteiger partial charge in [0.25, 0.3) is 0 Å². The van der Waals surface area contributed by atoms with E-state index < -0.39 is 5.97 Å². The molecule has 4 nitrogen and oxygen atoms in total. The highest BCUT2D eigenvalue weighted by Gasteiger charge is 2.03. The Bertz CT molecular complexity index is 630. The van der Waals surface area contributed by atoms with E-state index in [0.717, 1.165) is 28.1 Å². The van der Waals surface area contributed by atoms with Crippen molar-refractivity contribution in [3.05, 3.63) is 53.2 Å². The maximum atomic E-state index is 10.4. The lowest BCUT2D eigenvalue weighted by atomic mass is 10.1. The van der Waals surface area contributed by atoms with Gasteiger partial charge in [-0.15, -0.1) is 11.8 Å². The molecule has 1 heterocycles. The summed E-state index contributed by atoms with van der Waals surface area (Å²) in [5.74, 6) is -0.0711. The summed E-state index contributed by atoms with van der Waals surface area (Å²) in [4.78, 5) is 10.4. The van der Waals surface area contributed by atoms with E-state index in [1.165, 1.54) is 5.56 Å². The quantitative estimate of drug-likeness (QED) is 0.678. The molecule has 0 radical (unpaired) electrons. The van der Waals surface area contributed by atoms with Crippen LogP contribution in [0.2, 0.25) is 0 Å². The lowest BCUT2D eigenvalue weighted by molar-refractivity contribution is -0.131. The molecule has 0 atom stereocenters. The number of benzene rings is 1. The highest BCUT2D eigenvalue weighted by atomic mass is 32.2. The van der Waals surface area contributed by atoms with Crippen molar-refractivity contribution in [3.63, 3.8) is 0 Å². The van der Waals surface area contributed by atoms with E-state index in [2.05, 4.69) is 11.2 Å². The average molecular weight is 288 g/mol. The monoisotopic (exact) mass is 288 g/mol. The second-order valence-corrected chi connectivity index (χ2v) is 5.45. The van der Waals surface area contributed by atoms with Crippen LogP contribution in [-0.2, 0) is 17.6 Å². The number of thioether (sulfide) groups is 1. The Morgan fingerprint density at radius 3 is 2.65 bits per heavy atom. The summed E-state index contributed by atoms with van der Waals surface area (Å²) in [5, 5.41) is 14.0. The first-order valence-electron chi connectivity index (χ1n) is 6.18. The van der Waals surface area contributed by atoms with Gasteiger partial charge in [-0.1, -0.05) is 24.3 Å². The molecule has 0 bridgehead atoms. The smallest absolute Gasteiger partial charge is 0.328 e. The molecule has 0 aliphatic heterocycles. The Morgan fingerprint density at radius 1 is 1.40 bits per heavy atom. The highest BCUT2D eigenvalue weighted by molar-refractivity contribution is 7.98. The highest BCUT2D eigenvalue weighted by Crippen LogP contribution is 2.23. The topological polar surface area (TPSA) is 55.1 Å². The number of carboxylic acids is 1. The van der Waals surface area contributed by atoms with E-state index in [0.29, 0.717) is 0 Å². The molecule has 0 fully saturated rings. The van der Waals surface area contributed by atoms with Crippen molar-refractivity contribution in [1.82, 2.24) is 9.78 Å². The van der Waals surface area contributed by atoms with Crippen LogP contribution in [0.3, 0.4) is 0 Å². The second kappa shape index (κ2) is 6.43. The summed E-state index contributed by atoms with van der Waals surface area (Å²) in [5.41, 5.74) is 3.10. The first kappa shape index (κ1) is 14.4. The van der Waals surface area contributed by atoms with Crippen molar-refractivity contribution in [2.24, 2.45) is 7.05 Å². The zero-order valence-electron chi connectivity index (χ0n) is 11.4. The van der Waals surface area contributed by atoms with Gasteiger partial charge < -0.3 is 5.11 Å². The van der Waals surface area contributed by atoms with E-state index in [9.17, 15) is 4.79 Å². The minimum atomic E-state index is -0.934. The maximum Gasteiger partial charge on any atom is 0.328 e. The van der Waals surface area contributed by atoms with Gasteiger partial charge in [0.15, 0.2) is 0 Å². The second-order valence-electron chi connectivity index (χ2n) is 4.45. The van der Waals surface area contributed by atoms with Crippen molar-refractivity contribution in [2.75, 3.05) is 0 Å². The molecule has 2 aromatic rings. The Hall–Kier alpha value is -2.01. The zero-order valence-corrected chi connectivity index (χ0v) is 12.2. The number of carbonyl (C=O) groups is 1.